The van der Waals surface area contributed by atoms with Crippen LogP contribution in [0.25, 0.3) is 17.0 Å². The number of anilines is 2. The van der Waals surface area contributed by atoms with Crippen molar-refractivity contribution in [2.75, 3.05) is 11.6 Å². The molecule has 8 nitrogen and oxygen atoms in total. The van der Waals surface area contributed by atoms with Gasteiger partial charge in [0.1, 0.15) is 5.65 Å². The highest BCUT2D eigenvalue weighted by molar-refractivity contribution is 7.90. The number of aromatic amines is 1. The van der Waals surface area contributed by atoms with Crippen LogP contribution in [-0.2, 0) is 9.84 Å². The molecule has 3 aromatic heterocycles. The Morgan fingerprint density at radius 3 is 2.69 bits per heavy atom. The summed E-state index contributed by atoms with van der Waals surface area (Å²) in [4.78, 5) is 9.32. The molecule has 0 radical (unpaired) electrons. The van der Waals surface area contributed by atoms with Crippen LogP contribution in [0.4, 0.5) is 11.8 Å². The first kappa shape index (κ1) is 16.3. The van der Waals surface area contributed by atoms with Gasteiger partial charge in [0.15, 0.2) is 21.5 Å². The highest BCUT2D eigenvalue weighted by atomic mass is 32.2. The summed E-state index contributed by atoms with van der Waals surface area (Å²) in [5, 5.41) is 10.2. The van der Waals surface area contributed by atoms with Crippen molar-refractivity contribution in [3.63, 3.8) is 0 Å². The van der Waals surface area contributed by atoms with Crippen molar-refractivity contribution in [2.24, 2.45) is 0 Å². The average molecular weight is 368 g/mol. The summed E-state index contributed by atoms with van der Waals surface area (Å²) in [5.74, 6) is 1.59. The van der Waals surface area contributed by atoms with Gasteiger partial charge in [0.2, 0.25) is 5.95 Å². The second-order valence-corrected chi connectivity index (χ2v) is 7.98. The zero-order chi connectivity index (χ0) is 18.3. The summed E-state index contributed by atoms with van der Waals surface area (Å²) in [6, 6.07) is 12.2. The number of rotatable bonds is 4. The Labute approximate surface area is 149 Å². The number of benzene rings is 1. The SMILES string of the molecule is Cc1cc(Nc2nc(-c3cccc(S(C)(=O)=O)c3)nc3cccn23)n[nH]1. The maximum atomic E-state index is 11.8. The van der Waals surface area contributed by atoms with Gasteiger partial charge in [-0.05, 0) is 31.2 Å². The molecule has 0 saturated carbocycles. The van der Waals surface area contributed by atoms with Gasteiger partial charge in [0.25, 0.3) is 0 Å². The molecular weight excluding hydrogens is 352 g/mol. The molecule has 9 heteroatoms. The van der Waals surface area contributed by atoms with Gasteiger partial charge in [0, 0.05) is 29.8 Å². The minimum Gasteiger partial charge on any atom is -0.308 e. The third-order valence-electron chi connectivity index (χ3n) is 3.85. The van der Waals surface area contributed by atoms with Crippen molar-refractivity contribution >= 4 is 27.3 Å². The Balaban J connectivity index is 1.84. The van der Waals surface area contributed by atoms with Gasteiger partial charge in [-0.25, -0.2) is 13.4 Å². The predicted octanol–water partition coefficient (Wildman–Crippen LogP) is 2.57. The number of nitrogens with zero attached hydrogens (tertiary/aromatic N) is 4. The normalized spacial score (nSPS) is 11.8. The molecule has 2 N–H and O–H groups in total. The second-order valence-electron chi connectivity index (χ2n) is 5.97. The van der Waals surface area contributed by atoms with Crippen LogP contribution in [0.1, 0.15) is 5.69 Å². The number of fused-ring (bicyclic) bond motifs is 1. The number of nitrogens with one attached hydrogen (secondary N) is 2. The van der Waals surface area contributed by atoms with Crippen LogP contribution in [-0.4, -0.2) is 39.2 Å². The van der Waals surface area contributed by atoms with E-state index in [0.29, 0.717) is 28.8 Å². The van der Waals surface area contributed by atoms with Crippen LogP contribution in [0.5, 0.6) is 0 Å². The lowest BCUT2D eigenvalue weighted by Gasteiger charge is -2.09. The first-order valence-corrected chi connectivity index (χ1v) is 9.74. The van der Waals surface area contributed by atoms with E-state index in [1.54, 1.807) is 28.7 Å². The van der Waals surface area contributed by atoms with E-state index in [0.717, 1.165) is 5.69 Å². The molecule has 26 heavy (non-hydrogen) atoms. The average Bonchev–Trinajstić information content (AvgIpc) is 3.23. The summed E-state index contributed by atoms with van der Waals surface area (Å²) in [7, 11) is -3.31. The van der Waals surface area contributed by atoms with Crippen LogP contribution in [0, 0.1) is 6.92 Å². The Hall–Kier alpha value is -3.20. The molecular formula is C17H16N6O2S. The summed E-state index contributed by atoms with van der Waals surface area (Å²) >= 11 is 0. The first-order valence-electron chi connectivity index (χ1n) is 7.85. The van der Waals surface area contributed by atoms with Crippen molar-refractivity contribution in [2.45, 2.75) is 11.8 Å². The molecule has 0 unspecified atom stereocenters. The van der Waals surface area contributed by atoms with Crippen molar-refractivity contribution in [3.8, 4) is 11.4 Å². The number of H-pyrrole nitrogens is 1. The molecule has 0 bridgehead atoms. The highest BCUT2D eigenvalue weighted by Crippen LogP contribution is 2.23. The highest BCUT2D eigenvalue weighted by Gasteiger charge is 2.13. The van der Waals surface area contributed by atoms with E-state index in [9.17, 15) is 8.42 Å². The summed E-state index contributed by atoms with van der Waals surface area (Å²) < 4.78 is 25.5. The fraction of sp³-hybridized carbons (Fsp3) is 0.118. The number of sulfone groups is 1. The number of hydrogen-bond acceptors (Lipinski definition) is 6. The van der Waals surface area contributed by atoms with Crippen molar-refractivity contribution < 1.29 is 8.42 Å². The Bertz CT molecular complexity index is 1210. The third-order valence-corrected chi connectivity index (χ3v) is 4.96. The maximum absolute atomic E-state index is 11.8. The van der Waals surface area contributed by atoms with Crippen molar-refractivity contribution in [3.05, 3.63) is 54.4 Å². The molecule has 0 atom stereocenters. The summed E-state index contributed by atoms with van der Waals surface area (Å²) in [6.45, 7) is 1.91. The van der Waals surface area contributed by atoms with Gasteiger partial charge in [-0.1, -0.05) is 12.1 Å². The van der Waals surface area contributed by atoms with E-state index >= 15 is 0 Å². The molecule has 132 valence electrons. The van der Waals surface area contributed by atoms with Crippen LogP contribution < -0.4 is 5.32 Å². The molecule has 3 heterocycles. The van der Waals surface area contributed by atoms with Crippen LogP contribution in [0.3, 0.4) is 0 Å². The van der Waals surface area contributed by atoms with Gasteiger partial charge in [-0.3, -0.25) is 9.50 Å². The lowest BCUT2D eigenvalue weighted by Crippen LogP contribution is -2.05. The molecule has 0 fully saturated rings. The van der Waals surface area contributed by atoms with Crippen molar-refractivity contribution in [1.82, 2.24) is 24.6 Å². The van der Waals surface area contributed by atoms with Gasteiger partial charge >= 0.3 is 0 Å². The molecule has 4 aromatic rings. The Morgan fingerprint density at radius 1 is 1.12 bits per heavy atom. The molecule has 0 aliphatic heterocycles. The van der Waals surface area contributed by atoms with Gasteiger partial charge < -0.3 is 5.32 Å². The zero-order valence-corrected chi connectivity index (χ0v) is 14.9. The van der Waals surface area contributed by atoms with E-state index in [2.05, 4.69) is 25.5 Å². The van der Waals surface area contributed by atoms with E-state index < -0.39 is 9.84 Å². The third kappa shape index (κ3) is 3.04. The topological polar surface area (TPSA) is 105 Å². The van der Waals surface area contributed by atoms with Crippen LogP contribution >= 0.6 is 0 Å². The molecule has 0 amide bonds. The number of aromatic nitrogens is 5. The molecule has 0 spiro atoms. The Kier molecular flexibility index (Phi) is 3.73. The zero-order valence-electron chi connectivity index (χ0n) is 14.1. The number of hydrogen-bond donors (Lipinski definition) is 2. The standard InChI is InChI=1S/C17H16N6O2S/c1-11-9-14(22-21-11)18-17-20-16(19-15-7-4-8-23(15)17)12-5-3-6-13(10-12)26(2,24)25/h3-10H,1-2H3,(H2,18,19,20,21,22). The fourth-order valence-corrected chi connectivity index (χ4v) is 3.28. The molecule has 1 aromatic carbocycles. The van der Waals surface area contributed by atoms with Gasteiger partial charge in [0.05, 0.1) is 4.90 Å². The summed E-state index contributed by atoms with van der Waals surface area (Å²) in [5.41, 5.74) is 2.23. The second kappa shape index (κ2) is 5.95. The van der Waals surface area contributed by atoms with E-state index in [4.69, 9.17) is 0 Å². The fourth-order valence-electron chi connectivity index (χ4n) is 2.61. The smallest absolute Gasteiger partial charge is 0.216 e. The number of aryl methyl sites for hydroxylation is 1. The molecule has 0 saturated heterocycles. The molecule has 0 aliphatic rings. The van der Waals surface area contributed by atoms with E-state index in [1.165, 1.54) is 6.26 Å². The minimum absolute atomic E-state index is 0.228. The molecule has 0 aliphatic carbocycles. The molecule has 4 rings (SSSR count). The maximum Gasteiger partial charge on any atom is 0.216 e. The van der Waals surface area contributed by atoms with Gasteiger partial charge in [-0.2, -0.15) is 10.1 Å². The Morgan fingerprint density at radius 2 is 1.96 bits per heavy atom. The lowest BCUT2D eigenvalue weighted by molar-refractivity contribution is 0.602. The minimum atomic E-state index is -3.31. The first-order chi connectivity index (χ1) is 12.4. The monoisotopic (exact) mass is 368 g/mol. The van der Waals surface area contributed by atoms with E-state index in [1.807, 2.05) is 31.3 Å². The van der Waals surface area contributed by atoms with Crippen LogP contribution in [0.2, 0.25) is 0 Å². The summed E-state index contributed by atoms with van der Waals surface area (Å²) in [6.07, 6.45) is 3.02. The van der Waals surface area contributed by atoms with Gasteiger partial charge in [-0.15, -0.1) is 0 Å². The largest absolute Gasteiger partial charge is 0.308 e. The lowest BCUT2D eigenvalue weighted by atomic mass is 10.2. The quantitative estimate of drug-likeness (QED) is 0.574. The van der Waals surface area contributed by atoms with Crippen LogP contribution in [0.15, 0.2) is 53.6 Å². The van der Waals surface area contributed by atoms with Crippen molar-refractivity contribution in [1.29, 1.82) is 0 Å². The predicted molar refractivity (Wildman–Crippen MR) is 98.1 cm³/mol. The van der Waals surface area contributed by atoms with E-state index in [-0.39, 0.29) is 4.90 Å².